The van der Waals surface area contributed by atoms with Crippen molar-refractivity contribution in [3.05, 3.63) is 29.1 Å². The molecule has 54 valence electrons. The summed E-state index contributed by atoms with van der Waals surface area (Å²) in [7, 11) is 0. The standard InChI is InChI=1S/C8H13N2/c1-6-4-7(2)10(9)8(3)5-6/h4-5H,9H2,1-3H3/q+1. The van der Waals surface area contributed by atoms with Gasteiger partial charge in [0.05, 0.1) is 0 Å². The van der Waals surface area contributed by atoms with Crippen LogP contribution in [0.5, 0.6) is 0 Å². The van der Waals surface area contributed by atoms with E-state index in [-0.39, 0.29) is 0 Å². The molecule has 0 fully saturated rings. The maximum absolute atomic E-state index is 5.67. The van der Waals surface area contributed by atoms with Gasteiger partial charge in [-0.2, -0.15) is 0 Å². The van der Waals surface area contributed by atoms with Crippen molar-refractivity contribution in [1.29, 1.82) is 0 Å². The minimum absolute atomic E-state index is 1.09. The van der Waals surface area contributed by atoms with Gasteiger partial charge in [-0.1, -0.05) is 4.68 Å². The Labute approximate surface area is 61.3 Å². The number of aryl methyl sites for hydroxylation is 3. The zero-order valence-corrected chi connectivity index (χ0v) is 6.68. The molecule has 2 heteroatoms. The summed E-state index contributed by atoms with van der Waals surface area (Å²) in [5.74, 6) is 5.67. The second kappa shape index (κ2) is 2.29. The van der Waals surface area contributed by atoms with E-state index in [1.54, 1.807) is 4.68 Å². The molecule has 2 nitrogen and oxygen atoms in total. The van der Waals surface area contributed by atoms with Crippen molar-refractivity contribution in [2.45, 2.75) is 20.8 Å². The summed E-state index contributed by atoms with van der Waals surface area (Å²) in [5.41, 5.74) is 3.45. The van der Waals surface area contributed by atoms with Gasteiger partial charge in [0.15, 0.2) is 0 Å². The molecule has 0 radical (unpaired) electrons. The van der Waals surface area contributed by atoms with E-state index in [0.29, 0.717) is 0 Å². The van der Waals surface area contributed by atoms with Crippen LogP contribution in [-0.2, 0) is 0 Å². The van der Waals surface area contributed by atoms with Gasteiger partial charge in [0.2, 0.25) is 11.4 Å². The Morgan fingerprint density at radius 1 is 1.10 bits per heavy atom. The van der Waals surface area contributed by atoms with Crippen molar-refractivity contribution < 1.29 is 4.68 Å². The fourth-order valence-corrected chi connectivity index (χ4v) is 1.12. The Morgan fingerprint density at radius 2 is 1.50 bits per heavy atom. The maximum atomic E-state index is 5.67. The van der Waals surface area contributed by atoms with E-state index in [4.69, 9.17) is 5.84 Å². The van der Waals surface area contributed by atoms with Gasteiger partial charge < -0.3 is 0 Å². The molecular formula is C8H13N2+. The van der Waals surface area contributed by atoms with Crippen LogP contribution in [0.4, 0.5) is 0 Å². The number of nitrogens with two attached hydrogens (primary N) is 1. The predicted molar refractivity (Wildman–Crippen MR) is 41.0 cm³/mol. The molecule has 1 aromatic rings. The lowest BCUT2D eigenvalue weighted by Gasteiger charge is -1.96. The summed E-state index contributed by atoms with van der Waals surface area (Å²) in [6, 6.07) is 4.12. The zero-order valence-electron chi connectivity index (χ0n) is 6.68. The number of pyridine rings is 1. The number of aromatic nitrogens is 1. The van der Waals surface area contributed by atoms with Gasteiger partial charge in [-0.25, -0.2) is 5.84 Å². The molecule has 0 bridgehead atoms. The number of hydrogen-bond acceptors (Lipinski definition) is 1. The molecule has 0 saturated heterocycles. The molecule has 2 N–H and O–H groups in total. The van der Waals surface area contributed by atoms with Crippen LogP contribution >= 0.6 is 0 Å². The van der Waals surface area contributed by atoms with Crippen LogP contribution in [0.2, 0.25) is 0 Å². The third-order valence-electron chi connectivity index (χ3n) is 1.63. The van der Waals surface area contributed by atoms with E-state index in [2.05, 4.69) is 19.1 Å². The van der Waals surface area contributed by atoms with Crippen molar-refractivity contribution >= 4 is 0 Å². The Balaban J connectivity index is 3.31. The van der Waals surface area contributed by atoms with E-state index in [0.717, 1.165) is 11.4 Å². The molecule has 1 rings (SSSR count). The second-order valence-electron chi connectivity index (χ2n) is 2.69. The van der Waals surface area contributed by atoms with Gasteiger partial charge in [0.1, 0.15) is 0 Å². The van der Waals surface area contributed by atoms with Crippen molar-refractivity contribution in [3.8, 4) is 0 Å². The molecule has 0 aromatic carbocycles. The average Bonchev–Trinajstić information content (AvgIpc) is 1.82. The van der Waals surface area contributed by atoms with E-state index in [1.807, 2.05) is 13.8 Å². The lowest BCUT2D eigenvalue weighted by Crippen LogP contribution is -2.49. The molecule has 0 saturated carbocycles. The fraction of sp³-hybridized carbons (Fsp3) is 0.375. The molecule has 1 aromatic heterocycles. The highest BCUT2D eigenvalue weighted by Gasteiger charge is 2.05. The van der Waals surface area contributed by atoms with Crippen molar-refractivity contribution in [2.75, 3.05) is 5.84 Å². The van der Waals surface area contributed by atoms with Gasteiger partial charge in [0, 0.05) is 26.0 Å². The zero-order chi connectivity index (χ0) is 7.72. The highest BCUT2D eigenvalue weighted by atomic mass is 15.3. The summed E-state index contributed by atoms with van der Waals surface area (Å²) in [6.45, 7) is 6.07. The van der Waals surface area contributed by atoms with Crippen molar-refractivity contribution in [1.82, 2.24) is 0 Å². The normalized spacial score (nSPS) is 9.90. The molecule has 1 heterocycles. The topological polar surface area (TPSA) is 29.9 Å². The summed E-state index contributed by atoms with van der Waals surface area (Å²) in [4.78, 5) is 0. The van der Waals surface area contributed by atoms with Crippen molar-refractivity contribution in [2.24, 2.45) is 0 Å². The Bertz CT molecular complexity index is 230. The SMILES string of the molecule is Cc1cc(C)[n+](N)c(C)c1. The predicted octanol–water partition coefficient (Wildman–Crippen LogP) is 0.613. The first-order valence-electron chi connectivity index (χ1n) is 3.36. The number of nitrogens with zero attached hydrogens (tertiary/aromatic N) is 1. The van der Waals surface area contributed by atoms with Gasteiger partial charge in [0.25, 0.3) is 0 Å². The molecule has 0 aliphatic rings. The molecule has 0 amide bonds. The molecular weight excluding hydrogens is 124 g/mol. The van der Waals surface area contributed by atoms with E-state index in [1.165, 1.54) is 5.56 Å². The number of nitrogen functional groups attached to an aromatic ring is 1. The second-order valence-corrected chi connectivity index (χ2v) is 2.69. The third kappa shape index (κ3) is 1.10. The average molecular weight is 137 g/mol. The van der Waals surface area contributed by atoms with Crippen molar-refractivity contribution in [3.63, 3.8) is 0 Å². The van der Waals surface area contributed by atoms with Crippen LogP contribution in [0.3, 0.4) is 0 Å². The van der Waals surface area contributed by atoms with E-state index in [9.17, 15) is 0 Å². The lowest BCUT2D eigenvalue weighted by molar-refractivity contribution is -0.651. The van der Waals surface area contributed by atoms with Gasteiger partial charge in [-0.15, -0.1) is 0 Å². The first-order valence-corrected chi connectivity index (χ1v) is 3.36. The first-order chi connectivity index (χ1) is 4.61. The quantitative estimate of drug-likeness (QED) is 0.412. The van der Waals surface area contributed by atoms with Gasteiger partial charge >= 0.3 is 0 Å². The summed E-state index contributed by atoms with van der Waals surface area (Å²) in [6.07, 6.45) is 0. The third-order valence-corrected chi connectivity index (χ3v) is 1.63. The Hall–Kier alpha value is -1.05. The van der Waals surface area contributed by atoms with Crippen LogP contribution in [0.15, 0.2) is 12.1 Å². The van der Waals surface area contributed by atoms with Gasteiger partial charge in [-0.05, 0) is 12.5 Å². The lowest BCUT2D eigenvalue weighted by atomic mass is 10.2. The number of hydrogen-bond donors (Lipinski definition) is 1. The van der Waals surface area contributed by atoms with Crippen LogP contribution in [0.1, 0.15) is 17.0 Å². The molecule has 0 atom stereocenters. The molecule has 0 aliphatic heterocycles. The summed E-state index contributed by atoms with van der Waals surface area (Å²) >= 11 is 0. The van der Waals surface area contributed by atoms with Crippen LogP contribution in [0, 0.1) is 20.8 Å². The molecule has 10 heavy (non-hydrogen) atoms. The van der Waals surface area contributed by atoms with Crippen LogP contribution < -0.4 is 10.5 Å². The molecule has 0 unspecified atom stereocenters. The number of rotatable bonds is 0. The largest absolute Gasteiger partial charge is 0.208 e. The smallest absolute Gasteiger partial charge is 0.205 e. The minimum Gasteiger partial charge on any atom is -0.205 e. The van der Waals surface area contributed by atoms with Gasteiger partial charge in [-0.3, -0.25) is 0 Å². The Kier molecular flexibility index (Phi) is 1.62. The van der Waals surface area contributed by atoms with Crippen LogP contribution in [0.25, 0.3) is 0 Å². The summed E-state index contributed by atoms with van der Waals surface area (Å²) in [5, 5.41) is 0. The minimum atomic E-state index is 1.09. The fourth-order valence-electron chi connectivity index (χ4n) is 1.12. The summed E-state index contributed by atoms with van der Waals surface area (Å²) < 4.78 is 1.69. The highest BCUT2D eigenvalue weighted by Crippen LogP contribution is 1.98. The van der Waals surface area contributed by atoms with E-state index >= 15 is 0 Å². The van der Waals surface area contributed by atoms with E-state index < -0.39 is 0 Å². The molecule has 0 aliphatic carbocycles. The molecule has 0 spiro atoms. The highest BCUT2D eigenvalue weighted by molar-refractivity contribution is 5.13. The maximum Gasteiger partial charge on any atom is 0.208 e. The monoisotopic (exact) mass is 137 g/mol. The first kappa shape index (κ1) is 7.06. The Morgan fingerprint density at radius 3 is 1.90 bits per heavy atom. The van der Waals surface area contributed by atoms with Crippen LogP contribution in [-0.4, -0.2) is 0 Å².